The van der Waals surface area contributed by atoms with Crippen LogP contribution in [-0.4, -0.2) is 75.1 Å². The van der Waals surface area contributed by atoms with E-state index in [2.05, 4.69) is 8.92 Å². The van der Waals surface area contributed by atoms with Crippen molar-refractivity contribution in [1.82, 2.24) is 0 Å². The number of alkyl halides is 3. The fourth-order valence-electron chi connectivity index (χ4n) is 2.43. The molecule has 0 aliphatic carbocycles. The average molecular weight is 480 g/mol. The molecule has 0 radical (unpaired) electrons. The van der Waals surface area contributed by atoms with Crippen molar-refractivity contribution in [3.63, 3.8) is 0 Å². The van der Waals surface area contributed by atoms with Gasteiger partial charge in [0.15, 0.2) is 18.3 Å². The standard InChI is InChI=1S/C15H19F3O12S/c1-6(19)25-5-10-11(26-7(2)20)12(27-8(3)21)13(14(29-10)28-9(4)22)30-31(23,24)15(16,17)18/h10-14H,5H2,1-4H3/t10-,11+,12-,13+,14-/m1/s1. The lowest BCUT2D eigenvalue weighted by Crippen LogP contribution is -2.63. The van der Waals surface area contributed by atoms with Crippen LogP contribution in [0.5, 0.6) is 0 Å². The van der Waals surface area contributed by atoms with Gasteiger partial charge in [0, 0.05) is 27.7 Å². The SMILES string of the molecule is CC(=O)OC[C@H]1O[C@@H](OC(C)=O)[C@@H](OS(=O)(=O)C(F)(F)F)[C@H](OC(C)=O)[C@H]1OC(C)=O. The van der Waals surface area contributed by atoms with E-state index in [1.54, 1.807) is 0 Å². The van der Waals surface area contributed by atoms with Gasteiger partial charge in [0.25, 0.3) is 0 Å². The van der Waals surface area contributed by atoms with Gasteiger partial charge in [0.05, 0.1) is 0 Å². The van der Waals surface area contributed by atoms with Gasteiger partial charge < -0.3 is 23.7 Å². The van der Waals surface area contributed by atoms with Crippen LogP contribution in [0.1, 0.15) is 27.7 Å². The van der Waals surface area contributed by atoms with Gasteiger partial charge in [-0.2, -0.15) is 21.6 Å². The van der Waals surface area contributed by atoms with Crippen LogP contribution in [0.4, 0.5) is 13.2 Å². The van der Waals surface area contributed by atoms with E-state index < -0.39 is 76.8 Å². The summed E-state index contributed by atoms with van der Waals surface area (Å²) >= 11 is 0. The smallest absolute Gasteiger partial charge is 0.463 e. The fraction of sp³-hybridized carbons (Fsp3) is 0.733. The Balaban J connectivity index is 3.50. The highest BCUT2D eigenvalue weighted by molar-refractivity contribution is 7.87. The lowest BCUT2D eigenvalue weighted by atomic mass is 9.98. The van der Waals surface area contributed by atoms with Crippen LogP contribution >= 0.6 is 0 Å². The quantitative estimate of drug-likeness (QED) is 0.207. The Morgan fingerprint density at radius 3 is 1.71 bits per heavy atom. The second-order valence-electron chi connectivity index (χ2n) is 6.06. The number of carbonyl (C=O) groups excluding carboxylic acids is 4. The zero-order chi connectivity index (χ0) is 24.1. The number of hydrogen-bond acceptors (Lipinski definition) is 12. The Hall–Kier alpha value is -2.46. The summed E-state index contributed by atoms with van der Waals surface area (Å²) in [5.41, 5.74) is -5.90. The number of ether oxygens (including phenoxy) is 5. The minimum Gasteiger partial charge on any atom is -0.463 e. The first-order chi connectivity index (χ1) is 14.0. The molecule has 31 heavy (non-hydrogen) atoms. The number of carbonyl (C=O) groups is 4. The molecule has 1 heterocycles. The molecular formula is C15H19F3O12S. The third kappa shape index (κ3) is 7.62. The van der Waals surface area contributed by atoms with Crippen molar-refractivity contribution in [2.24, 2.45) is 0 Å². The second kappa shape index (κ2) is 10.2. The van der Waals surface area contributed by atoms with E-state index in [-0.39, 0.29) is 0 Å². The highest BCUT2D eigenvalue weighted by Gasteiger charge is 2.58. The normalized spacial score (nSPS) is 26.5. The molecule has 12 nitrogen and oxygen atoms in total. The maximum atomic E-state index is 12.8. The molecule has 0 unspecified atom stereocenters. The van der Waals surface area contributed by atoms with Crippen LogP contribution in [0.15, 0.2) is 0 Å². The Labute approximate surface area is 174 Å². The molecule has 16 heteroatoms. The molecule has 0 aromatic carbocycles. The van der Waals surface area contributed by atoms with E-state index in [4.69, 9.17) is 18.9 Å². The van der Waals surface area contributed by atoms with Crippen LogP contribution in [0, 0.1) is 0 Å². The maximum absolute atomic E-state index is 12.8. The number of esters is 4. The van der Waals surface area contributed by atoms with E-state index in [1.807, 2.05) is 0 Å². The molecule has 1 fully saturated rings. The van der Waals surface area contributed by atoms with E-state index in [9.17, 15) is 40.8 Å². The van der Waals surface area contributed by atoms with Crippen molar-refractivity contribution in [2.75, 3.05) is 6.61 Å². The lowest BCUT2D eigenvalue weighted by Gasteiger charge is -2.43. The molecule has 1 aliphatic heterocycles. The predicted molar refractivity (Wildman–Crippen MR) is 88.0 cm³/mol. The average Bonchev–Trinajstić information content (AvgIpc) is 2.56. The molecular weight excluding hydrogens is 461 g/mol. The van der Waals surface area contributed by atoms with Gasteiger partial charge in [-0.3, -0.25) is 19.2 Å². The molecule has 1 rings (SSSR count). The minimum absolute atomic E-state index is 0.693. The molecule has 0 bridgehead atoms. The van der Waals surface area contributed by atoms with Crippen molar-refractivity contribution in [3.05, 3.63) is 0 Å². The maximum Gasteiger partial charge on any atom is 0.523 e. The highest BCUT2D eigenvalue weighted by atomic mass is 32.2. The highest BCUT2D eigenvalue weighted by Crippen LogP contribution is 2.34. The fourth-order valence-corrected chi connectivity index (χ4v) is 3.04. The van der Waals surface area contributed by atoms with Gasteiger partial charge in [-0.05, 0) is 0 Å². The largest absolute Gasteiger partial charge is 0.523 e. The monoisotopic (exact) mass is 480 g/mol. The first-order valence-electron chi connectivity index (χ1n) is 8.35. The van der Waals surface area contributed by atoms with Crippen LogP contribution in [-0.2, 0) is 57.2 Å². The summed E-state index contributed by atoms with van der Waals surface area (Å²) in [7, 11) is -6.32. The topological polar surface area (TPSA) is 158 Å². The van der Waals surface area contributed by atoms with Crippen molar-refractivity contribution in [3.8, 4) is 0 Å². The van der Waals surface area contributed by atoms with Gasteiger partial charge in [-0.1, -0.05) is 0 Å². The van der Waals surface area contributed by atoms with Gasteiger partial charge in [0.2, 0.25) is 6.29 Å². The van der Waals surface area contributed by atoms with Gasteiger partial charge in [0.1, 0.15) is 12.7 Å². The summed E-state index contributed by atoms with van der Waals surface area (Å²) in [5.74, 6) is -4.16. The first-order valence-corrected chi connectivity index (χ1v) is 9.76. The van der Waals surface area contributed by atoms with E-state index in [1.165, 1.54) is 0 Å². The Kier molecular flexibility index (Phi) is 8.77. The Morgan fingerprint density at radius 2 is 1.29 bits per heavy atom. The lowest BCUT2D eigenvalue weighted by molar-refractivity contribution is -0.292. The van der Waals surface area contributed by atoms with Gasteiger partial charge in [-0.15, -0.1) is 0 Å². The molecule has 1 aliphatic rings. The van der Waals surface area contributed by atoms with Crippen molar-refractivity contribution >= 4 is 34.0 Å². The molecule has 5 atom stereocenters. The van der Waals surface area contributed by atoms with Gasteiger partial charge >= 0.3 is 39.5 Å². The molecule has 0 amide bonds. The molecule has 0 N–H and O–H groups in total. The molecule has 0 aromatic rings. The summed E-state index contributed by atoms with van der Waals surface area (Å²) in [4.78, 5) is 45.5. The van der Waals surface area contributed by atoms with Crippen molar-refractivity contribution < 1.29 is 68.6 Å². The minimum atomic E-state index is -6.32. The van der Waals surface area contributed by atoms with E-state index in [0.717, 1.165) is 27.7 Å². The van der Waals surface area contributed by atoms with Crippen LogP contribution in [0.25, 0.3) is 0 Å². The molecule has 0 aromatic heterocycles. The van der Waals surface area contributed by atoms with Crippen molar-refractivity contribution in [1.29, 1.82) is 0 Å². The summed E-state index contributed by atoms with van der Waals surface area (Å²) in [6, 6.07) is 0. The van der Waals surface area contributed by atoms with E-state index >= 15 is 0 Å². The van der Waals surface area contributed by atoms with Crippen LogP contribution in [0.3, 0.4) is 0 Å². The molecule has 0 saturated carbocycles. The summed E-state index contributed by atoms with van der Waals surface area (Å²) in [5, 5.41) is 0. The number of rotatable bonds is 7. The van der Waals surface area contributed by atoms with Crippen LogP contribution in [0.2, 0.25) is 0 Å². The van der Waals surface area contributed by atoms with E-state index in [0.29, 0.717) is 0 Å². The second-order valence-corrected chi connectivity index (χ2v) is 7.63. The first kappa shape index (κ1) is 26.6. The summed E-state index contributed by atoms with van der Waals surface area (Å²) in [6.45, 7) is 2.82. The molecule has 178 valence electrons. The summed E-state index contributed by atoms with van der Waals surface area (Å²) < 4.78 is 90.1. The van der Waals surface area contributed by atoms with Crippen molar-refractivity contribution in [2.45, 2.75) is 63.9 Å². The summed E-state index contributed by atoms with van der Waals surface area (Å²) in [6.07, 6.45) is -10.0. The predicted octanol–water partition coefficient (Wildman–Crippen LogP) is -0.0643. The third-order valence-corrected chi connectivity index (χ3v) is 4.49. The van der Waals surface area contributed by atoms with Crippen LogP contribution < -0.4 is 0 Å². The number of halogens is 3. The van der Waals surface area contributed by atoms with Gasteiger partial charge in [-0.25, -0.2) is 4.18 Å². The molecule has 1 saturated heterocycles. The number of hydrogen-bond donors (Lipinski definition) is 0. The third-order valence-electron chi connectivity index (χ3n) is 3.45. The Bertz CT molecular complexity index is 809. The zero-order valence-corrected chi connectivity index (χ0v) is 17.4. The molecule has 0 spiro atoms. The Morgan fingerprint density at radius 1 is 0.806 bits per heavy atom. The zero-order valence-electron chi connectivity index (χ0n) is 16.5.